The van der Waals surface area contributed by atoms with Crippen molar-refractivity contribution in [2.75, 3.05) is 7.05 Å². The molecule has 154 valence electrons. The average Bonchev–Trinajstić information content (AvgIpc) is 3.31. The summed E-state index contributed by atoms with van der Waals surface area (Å²) < 4.78 is 0. The second-order valence-corrected chi connectivity index (χ2v) is 6.93. The second-order valence-electron chi connectivity index (χ2n) is 6.93. The van der Waals surface area contributed by atoms with Crippen molar-refractivity contribution in [2.24, 2.45) is 4.99 Å². The molecule has 0 fully saturated rings. The van der Waals surface area contributed by atoms with Crippen LogP contribution in [0.25, 0.3) is 22.2 Å². The van der Waals surface area contributed by atoms with Crippen molar-refractivity contribution in [2.45, 2.75) is 19.5 Å². The summed E-state index contributed by atoms with van der Waals surface area (Å²) in [7, 11) is 1.79. The lowest BCUT2D eigenvalue weighted by atomic mass is 10.0. The minimum atomic E-state index is 0. The van der Waals surface area contributed by atoms with Gasteiger partial charge in [-0.05, 0) is 41.0 Å². The van der Waals surface area contributed by atoms with E-state index in [-0.39, 0.29) is 30.0 Å². The number of hydrogen-bond acceptors (Lipinski definition) is 3. The highest BCUT2D eigenvalue weighted by Gasteiger charge is 2.09. The van der Waals surface area contributed by atoms with Crippen molar-refractivity contribution in [3.8, 4) is 11.4 Å². The van der Waals surface area contributed by atoms with Gasteiger partial charge in [-0.3, -0.25) is 10.1 Å². The number of aromatic amines is 1. The predicted octanol–water partition coefficient (Wildman–Crippen LogP) is 4.67. The molecule has 7 heteroatoms. The number of nitrogens with one attached hydrogen (secondary N) is 3. The van der Waals surface area contributed by atoms with Gasteiger partial charge in [-0.15, -0.1) is 24.0 Å². The van der Waals surface area contributed by atoms with Gasteiger partial charge in [0.05, 0.1) is 6.04 Å². The Bertz CT molecular complexity index is 1120. The largest absolute Gasteiger partial charge is 0.352 e. The van der Waals surface area contributed by atoms with E-state index in [0.29, 0.717) is 6.54 Å². The molecule has 0 saturated carbocycles. The maximum atomic E-state index is 4.37. The van der Waals surface area contributed by atoms with Crippen LogP contribution in [0, 0.1) is 0 Å². The minimum Gasteiger partial charge on any atom is -0.352 e. The summed E-state index contributed by atoms with van der Waals surface area (Å²) in [6, 6.07) is 23.3. The molecule has 0 aliphatic rings. The van der Waals surface area contributed by atoms with Gasteiger partial charge in [-0.1, -0.05) is 54.6 Å². The number of aliphatic imine (C=N–C) groups is 1. The number of rotatable bonds is 5. The summed E-state index contributed by atoms with van der Waals surface area (Å²) in [5.41, 5.74) is 3.37. The average molecular weight is 512 g/mol. The number of halogens is 1. The Labute approximate surface area is 193 Å². The summed E-state index contributed by atoms with van der Waals surface area (Å²) in [6.07, 6.45) is 1.51. The summed E-state index contributed by atoms with van der Waals surface area (Å²) in [4.78, 5) is 8.58. The zero-order chi connectivity index (χ0) is 20.1. The monoisotopic (exact) mass is 512 g/mol. The molecule has 3 aromatic carbocycles. The van der Waals surface area contributed by atoms with Crippen molar-refractivity contribution in [3.63, 3.8) is 0 Å². The van der Waals surface area contributed by atoms with E-state index >= 15 is 0 Å². The third-order valence-electron chi connectivity index (χ3n) is 4.93. The number of nitrogens with zero attached hydrogens (tertiary/aromatic N) is 3. The fraction of sp³-hybridized carbons (Fsp3) is 0.174. The van der Waals surface area contributed by atoms with Crippen LogP contribution < -0.4 is 10.6 Å². The third-order valence-corrected chi connectivity index (χ3v) is 4.93. The van der Waals surface area contributed by atoms with Crippen LogP contribution in [0.15, 0.2) is 78.0 Å². The Morgan fingerprint density at radius 1 is 1.03 bits per heavy atom. The molecular weight excluding hydrogens is 487 g/mol. The van der Waals surface area contributed by atoms with Gasteiger partial charge in [0.25, 0.3) is 0 Å². The predicted molar refractivity (Wildman–Crippen MR) is 133 cm³/mol. The number of aromatic nitrogens is 3. The quantitative estimate of drug-likeness (QED) is 0.206. The first-order valence-electron chi connectivity index (χ1n) is 9.63. The summed E-state index contributed by atoms with van der Waals surface area (Å²) >= 11 is 0. The van der Waals surface area contributed by atoms with Crippen molar-refractivity contribution in [3.05, 3.63) is 84.2 Å². The molecule has 0 bridgehead atoms. The highest BCUT2D eigenvalue weighted by molar-refractivity contribution is 14.0. The molecule has 6 nitrogen and oxygen atoms in total. The van der Waals surface area contributed by atoms with E-state index in [1.807, 2.05) is 12.1 Å². The third kappa shape index (κ3) is 5.15. The molecule has 0 amide bonds. The molecule has 4 rings (SSSR count). The van der Waals surface area contributed by atoms with Gasteiger partial charge in [0.1, 0.15) is 6.33 Å². The van der Waals surface area contributed by atoms with Gasteiger partial charge in [-0.25, -0.2) is 4.98 Å². The first kappa shape index (κ1) is 21.8. The van der Waals surface area contributed by atoms with Gasteiger partial charge in [0.15, 0.2) is 11.8 Å². The Balaban J connectivity index is 0.00000256. The van der Waals surface area contributed by atoms with E-state index in [9.17, 15) is 0 Å². The molecule has 1 heterocycles. The van der Waals surface area contributed by atoms with Gasteiger partial charge in [0, 0.05) is 19.2 Å². The Hall–Kier alpha value is -2.94. The van der Waals surface area contributed by atoms with Gasteiger partial charge >= 0.3 is 0 Å². The molecule has 0 saturated heterocycles. The van der Waals surface area contributed by atoms with Crippen LogP contribution >= 0.6 is 24.0 Å². The smallest absolute Gasteiger partial charge is 0.191 e. The van der Waals surface area contributed by atoms with Crippen LogP contribution in [-0.2, 0) is 6.54 Å². The number of hydrogen-bond donors (Lipinski definition) is 3. The SMILES string of the molecule is CN=C(NCc1cccc(-c2ncn[nH]2)c1)NC(C)c1ccc2ccccc2c1.I. The lowest BCUT2D eigenvalue weighted by Crippen LogP contribution is -2.38. The van der Waals surface area contributed by atoms with Gasteiger partial charge < -0.3 is 10.6 Å². The van der Waals surface area contributed by atoms with Crippen LogP contribution in [0.4, 0.5) is 0 Å². The lowest BCUT2D eigenvalue weighted by Gasteiger charge is -2.19. The lowest BCUT2D eigenvalue weighted by molar-refractivity contribution is 0.686. The molecule has 4 aromatic rings. The maximum Gasteiger partial charge on any atom is 0.191 e. The molecule has 30 heavy (non-hydrogen) atoms. The summed E-state index contributed by atoms with van der Waals surface area (Å²) in [5, 5.41) is 16.2. The number of H-pyrrole nitrogens is 1. The molecule has 3 N–H and O–H groups in total. The maximum absolute atomic E-state index is 4.37. The first-order valence-corrected chi connectivity index (χ1v) is 9.63. The zero-order valence-electron chi connectivity index (χ0n) is 17.0. The molecule has 1 unspecified atom stereocenters. The topological polar surface area (TPSA) is 78.0 Å². The first-order chi connectivity index (χ1) is 14.2. The molecule has 0 spiro atoms. The Morgan fingerprint density at radius 2 is 1.87 bits per heavy atom. The minimum absolute atomic E-state index is 0. The summed E-state index contributed by atoms with van der Waals surface area (Å²) in [6.45, 7) is 2.80. The van der Waals surface area contributed by atoms with Gasteiger partial charge in [-0.2, -0.15) is 5.10 Å². The van der Waals surface area contributed by atoms with Crippen molar-refractivity contribution in [1.29, 1.82) is 0 Å². The normalized spacial score (nSPS) is 12.3. The highest BCUT2D eigenvalue weighted by Crippen LogP contribution is 2.20. The number of fused-ring (bicyclic) bond motifs is 1. The van der Waals surface area contributed by atoms with Crippen LogP contribution in [-0.4, -0.2) is 28.2 Å². The second kappa shape index (κ2) is 10.2. The van der Waals surface area contributed by atoms with E-state index < -0.39 is 0 Å². The van der Waals surface area contributed by atoms with Crippen LogP contribution in [0.3, 0.4) is 0 Å². The van der Waals surface area contributed by atoms with E-state index in [0.717, 1.165) is 22.9 Å². The highest BCUT2D eigenvalue weighted by atomic mass is 127. The van der Waals surface area contributed by atoms with Crippen LogP contribution in [0.2, 0.25) is 0 Å². The van der Waals surface area contributed by atoms with E-state index in [2.05, 4.69) is 92.3 Å². The molecule has 0 aliphatic carbocycles. The van der Waals surface area contributed by atoms with Crippen molar-refractivity contribution < 1.29 is 0 Å². The molecule has 1 atom stereocenters. The number of benzene rings is 3. The fourth-order valence-corrected chi connectivity index (χ4v) is 3.32. The molecule has 0 radical (unpaired) electrons. The summed E-state index contributed by atoms with van der Waals surface area (Å²) in [5.74, 6) is 1.52. The standard InChI is InChI=1S/C23H24N6.HI/c1-16(19-11-10-18-7-3-4-8-20(18)13-19)28-23(24-2)25-14-17-6-5-9-21(12-17)22-26-15-27-29-22;/h3-13,15-16H,14H2,1-2H3,(H2,24,25,28)(H,26,27,29);1H. The molecule has 1 aromatic heterocycles. The van der Waals surface area contributed by atoms with Crippen LogP contribution in [0.1, 0.15) is 24.1 Å². The van der Waals surface area contributed by atoms with Gasteiger partial charge in [0.2, 0.25) is 0 Å². The zero-order valence-corrected chi connectivity index (χ0v) is 19.3. The van der Waals surface area contributed by atoms with E-state index in [1.54, 1.807) is 7.05 Å². The fourth-order valence-electron chi connectivity index (χ4n) is 3.32. The number of guanidine groups is 1. The Kier molecular flexibility index (Phi) is 7.40. The van der Waals surface area contributed by atoms with Crippen molar-refractivity contribution >= 4 is 40.7 Å². The van der Waals surface area contributed by atoms with Crippen molar-refractivity contribution in [1.82, 2.24) is 25.8 Å². The molecular formula is C23H25IN6. The van der Waals surface area contributed by atoms with E-state index in [4.69, 9.17) is 0 Å². The van der Waals surface area contributed by atoms with Crippen LogP contribution in [0.5, 0.6) is 0 Å². The Morgan fingerprint density at radius 3 is 2.63 bits per heavy atom. The molecule has 0 aliphatic heterocycles. The van der Waals surface area contributed by atoms with E-state index in [1.165, 1.54) is 22.7 Å².